The molecule has 0 saturated carbocycles. The molecule has 0 heterocycles. The van der Waals surface area contributed by atoms with Gasteiger partial charge in [0, 0.05) is 23.0 Å². The van der Waals surface area contributed by atoms with E-state index in [-0.39, 0.29) is 12.1 Å². The van der Waals surface area contributed by atoms with E-state index in [1.54, 1.807) is 4.90 Å². The van der Waals surface area contributed by atoms with Crippen molar-refractivity contribution in [3.05, 3.63) is 70.2 Å². The van der Waals surface area contributed by atoms with Crippen LogP contribution in [0.4, 0.5) is 0 Å². The molecule has 0 fully saturated rings. The minimum Gasteiger partial charge on any atom is -0.384 e. The van der Waals surface area contributed by atoms with E-state index in [0.717, 1.165) is 24.3 Å². The van der Waals surface area contributed by atoms with Crippen molar-refractivity contribution in [3.8, 4) is 0 Å². The van der Waals surface area contributed by atoms with E-state index < -0.39 is 5.62 Å². The summed E-state index contributed by atoms with van der Waals surface area (Å²) in [6.07, 6.45) is 2.96. The van der Waals surface area contributed by atoms with Crippen molar-refractivity contribution in [2.75, 3.05) is 13.6 Å². The van der Waals surface area contributed by atoms with Gasteiger partial charge in [0.1, 0.15) is 7.85 Å². The molecule has 148 valence electrons. The zero-order valence-electron chi connectivity index (χ0n) is 17.0. The third kappa shape index (κ3) is 4.31. The molecular formula is C23H30BClN2O. The van der Waals surface area contributed by atoms with Gasteiger partial charge in [-0.1, -0.05) is 48.0 Å². The van der Waals surface area contributed by atoms with Crippen molar-refractivity contribution in [1.82, 2.24) is 4.90 Å². The minimum absolute atomic E-state index is 0.00905. The van der Waals surface area contributed by atoms with Gasteiger partial charge in [0.2, 0.25) is 0 Å². The quantitative estimate of drug-likeness (QED) is 0.544. The fourth-order valence-corrected chi connectivity index (χ4v) is 4.57. The van der Waals surface area contributed by atoms with Crippen LogP contribution in [0.15, 0.2) is 48.5 Å². The first-order chi connectivity index (χ1) is 13.2. The summed E-state index contributed by atoms with van der Waals surface area (Å²) >= 11 is 6.33. The Morgan fingerprint density at radius 1 is 1.18 bits per heavy atom. The van der Waals surface area contributed by atoms with Gasteiger partial charge in [-0.25, -0.2) is 0 Å². The molecule has 2 aromatic carbocycles. The Hall–Kier alpha value is -1.33. The highest BCUT2D eigenvalue weighted by Crippen LogP contribution is 2.48. The molecule has 0 amide bonds. The van der Waals surface area contributed by atoms with Crippen LogP contribution in [0.2, 0.25) is 5.02 Å². The molecule has 3 rings (SSSR count). The van der Waals surface area contributed by atoms with E-state index in [1.165, 1.54) is 16.7 Å². The van der Waals surface area contributed by atoms with Gasteiger partial charge in [0.15, 0.2) is 0 Å². The molecule has 2 radical (unpaired) electrons. The molecular weight excluding hydrogens is 367 g/mol. The Kier molecular flexibility index (Phi) is 6.26. The van der Waals surface area contributed by atoms with Crippen molar-refractivity contribution in [2.24, 2.45) is 5.73 Å². The van der Waals surface area contributed by atoms with Gasteiger partial charge in [-0.05, 0) is 74.9 Å². The van der Waals surface area contributed by atoms with Crippen molar-refractivity contribution in [2.45, 2.75) is 56.1 Å². The lowest BCUT2D eigenvalue weighted by molar-refractivity contribution is -0.0707. The average molecular weight is 397 g/mol. The highest BCUT2D eigenvalue weighted by molar-refractivity contribution is 6.30. The summed E-state index contributed by atoms with van der Waals surface area (Å²) in [6, 6.07) is 17.0. The third-order valence-electron chi connectivity index (χ3n) is 6.48. The monoisotopic (exact) mass is 396 g/mol. The number of benzene rings is 2. The number of hydrogen-bond acceptors (Lipinski definition) is 3. The van der Waals surface area contributed by atoms with E-state index in [2.05, 4.69) is 56.3 Å². The standard InChI is InChI=1S/C23H30BClN2O/c1-22(2,27(3)23(24,28)15-26)12-11-17-13-20(16-7-5-4-6-8-16)19-10-9-18(25)14-21(17)19/h4-10,14,17,20,28H,11-13,15,26H2,1-3H3/t17-,20+,23?/m1/s1. The number of rotatable bonds is 7. The summed E-state index contributed by atoms with van der Waals surface area (Å²) in [5.74, 6) is 0.824. The summed E-state index contributed by atoms with van der Waals surface area (Å²) in [4.78, 5) is 1.78. The molecule has 1 aliphatic rings. The molecule has 3 nitrogen and oxygen atoms in total. The van der Waals surface area contributed by atoms with E-state index >= 15 is 0 Å². The number of nitrogens with two attached hydrogens (primary N) is 1. The van der Waals surface area contributed by atoms with Crippen LogP contribution in [0.25, 0.3) is 0 Å². The Morgan fingerprint density at radius 2 is 1.86 bits per heavy atom. The summed E-state index contributed by atoms with van der Waals surface area (Å²) in [6.45, 7) is 4.19. The number of nitrogens with zero attached hydrogens (tertiary/aromatic N) is 1. The van der Waals surface area contributed by atoms with Gasteiger partial charge in [0.25, 0.3) is 0 Å². The average Bonchev–Trinajstić information content (AvgIpc) is 3.04. The molecule has 0 saturated heterocycles. The van der Waals surface area contributed by atoms with Crippen molar-refractivity contribution in [1.29, 1.82) is 0 Å². The molecule has 0 bridgehead atoms. The van der Waals surface area contributed by atoms with Gasteiger partial charge < -0.3 is 10.8 Å². The number of aliphatic hydroxyl groups is 1. The summed E-state index contributed by atoms with van der Waals surface area (Å²) in [5.41, 5.74) is 7.94. The molecule has 1 unspecified atom stereocenters. The molecule has 3 atom stereocenters. The van der Waals surface area contributed by atoms with E-state index in [4.69, 9.17) is 25.2 Å². The second-order valence-corrected chi connectivity index (χ2v) is 9.10. The van der Waals surface area contributed by atoms with E-state index in [1.807, 2.05) is 13.1 Å². The fraction of sp³-hybridized carbons (Fsp3) is 0.478. The Morgan fingerprint density at radius 3 is 2.50 bits per heavy atom. The zero-order chi connectivity index (χ0) is 20.5. The number of hydrogen-bond donors (Lipinski definition) is 2. The normalized spacial score (nSPS) is 21.5. The molecule has 0 aromatic heterocycles. The fourth-order valence-electron chi connectivity index (χ4n) is 4.39. The summed E-state index contributed by atoms with van der Waals surface area (Å²) in [7, 11) is 7.80. The maximum atomic E-state index is 10.4. The molecule has 1 aliphatic carbocycles. The van der Waals surface area contributed by atoms with Gasteiger partial charge >= 0.3 is 0 Å². The second kappa shape index (κ2) is 8.20. The van der Waals surface area contributed by atoms with Crippen LogP contribution in [-0.4, -0.2) is 42.6 Å². The summed E-state index contributed by atoms with van der Waals surface area (Å²) in [5, 5.41) is 11.2. The number of halogens is 1. The SMILES string of the molecule is [B]C(O)(CN)N(C)C(C)(C)CC[C@@H]1C[C@@H](c2ccccc2)c2ccc(Cl)cc21. The van der Waals surface area contributed by atoms with Gasteiger partial charge in [-0.15, -0.1) is 0 Å². The first-order valence-corrected chi connectivity index (χ1v) is 10.3. The Bertz CT molecular complexity index is 810. The van der Waals surface area contributed by atoms with Crippen LogP contribution in [-0.2, 0) is 0 Å². The molecule has 5 heteroatoms. The van der Waals surface area contributed by atoms with Gasteiger partial charge in [0.05, 0.1) is 5.62 Å². The zero-order valence-corrected chi connectivity index (χ0v) is 17.8. The van der Waals surface area contributed by atoms with Crippen LogP contribution in [0.1, 0.15) is 61.6 Å². The molecule has 0 spiro atoms. The molecule has 28 heavy (non-hydrogen) atoms. The predicted molar refractivity (Wildman–Crippen MR) is 118 cm³/mol. The first-order valence-electron chi connectivity index (χ1n) is 9.95. The van der Waals surface area contributed by atoms with Gasteiger partial charge in [-0.3, -0.25) is 4.90 Å². The maximum Gasteiger partial charge on any atom is 0.137 e. The second-order valence-electron chi connectivity index (χ2n) is 8.66. The van der Waals surface area contributed by atoms with Crippen molar-refractivity contribution < 1.29 is 5.11 Å². The first kappa shape index (κ1) is 21.4. The highest BCUT2D eigenvalue weighted by atomic mass is 35.5. The lowest BCUT2D eigenvalue weighted by atomic mass is 9.82. The summed E-state index contributed by atoms with van der Waals surface area (Å²) < 4.78 is 0. The Balaban J connectivity index is 1.81. The van der Waals surface area contributed by atoms with E-state index in [9.17, 15) is 5.11 Å². The third-order valence-corrected chi connectivity index (χ3v) is 6.72. The molecule has 3 N–H and O–H groups in total. The molecule has 0 aliphatic heterocycles. The predicted octanol–water partition coefficient (Wildman–Crippen LogP) is 4.22. The number of fused-ring (bicyclic) bond motifs is 1. The topological polar surface area (TPSA) is 49.5 Å². The van der Waals surface area contributed by atoms with Crippen LogP contribution < -0.4 is 5.73 Å². The van der Waals surface area contributed by atoms with Gasteiger partial charge in [-0.2, -0.15) is 0 Å². The van der Waals surface area contributed by atoms with Crippen molar-refractivity contribution >= 4 is 19.4 Å². The van der Waals surface area contributed by atoms with Crippen LogP contribution in [0.3, 0.4) is 0 Å². The molecule has 2 aromatic rings. The van der Waals surface area contributed by atoms with Crippen molar-refractivity contribution in [3.63, 3.8) is 0 Å². The largest absolute Gasteiger partial charge is 0.384 e. The Labute approximate surface area is 175 Å². The maximum absolute atomic E-state index is 10.4. The van der Waals surface area contributed by atoms with Crippen LogP contribution in [0.5, 0.6) is 0 Å². The number of likely N-dealkylation sites (N-methyl/N-ethyl adjacent to an activating group) is 1. The highest BCUT2D eigenvalue weighted by Gasteiger charge is 2.37. The van der Waals surface area contributed by atoms with Crippen LogP contribution in [0, 0.1) is 0 Å². The smallest absolute Gasteiger partial charge is 0.137 e. The lowest BCUT2D eigenvalue weighted by Crippen LogP contribution is -2.60. The lowest BCUT2D eigenvalue weighted by Gasteiger charge is -2.45. The minimum atomic E-state index is -1.51. The van der Waals surface area contributed by atoms with Crippen LogP contribution >= 0.6 is 11.6 Å². The van der Waals surface area contributed by atoms with E-state index in [0.29, 0.717) is 11.8 Å².